The number of nitrogens with one attached hydrogen (secondary N) is 2. The maximum atomic E-state index is 12.3. The Labute approximate surface area is 252 Å². The topological polar surface area (TPSA) is 65.4 Å². The molecular weight excluding hydrogens is 552 g/mol. The Bertz CT molecular complexity index is 1580. The first-order chi connectivity index (χ1) is 19.6. The molecule has 9 heteroatoms. The van der Waals surface area contributed by atoms with Crippen LogP contribution in [0.5, 0.6) is 0 Å². The molecule has 2 aromatic heterocycles. The Morgan fingerprint density at radius 1 is 1.05 bits per heavy atom. The monoisotopic (exact) mass is 586 g/mol. The molecule has 0 aliphatic carbocycles. The molecule has 1 aliphatic rings. The first-order valence-electron chi connectivity index (χ1n) is 13.6. The molecule has 0 bridgehead atoms. The van der Waals surface area contributed by atoms with Crippen molar-refractivity contribution in [1.82, 2.24) is 14.9 Å². The normalized spacial score (nSPS) is 16.7. The van der Waals surface area contributed by atoms with Gasteiger partial charge in [-0.15, -0.1) is 0 Å². The third kappa shape index (κ3) is 5.54. The van der Waals surface area contributed by atoms with Gasteiger partial charge in [0.15, 0.2) is 5.11 Å². The van der Waals surface area contributed by atoms with Gasteiger partial charge in [-0.1, -0.05) is 31.5 Å². The molecule has 0 unspecified atom stereocenters. The van der Waals surface area contributed by atoms with Crippen LogP contribution in [0, 0.1) is 19.8 Å². The molecule has 3 heterocycles. The molecule has 7 nitrogen and oxygen atoms in total. The smallest absolute Gasteiger partial charge is 0.226 e. The van der Waals surface area contributed by atoms with Crippen LogP contribution in [0.15, 0.2) is 72.9 Å². The summed E-state index contributed by atoms with van der Waals surface area (Å²) in [5.41, 5.74) is 7.92. The van der Waals surface area contributed by atoms with E-state index in [1.807, 2.05) is 64.3 Å². The van der Waals surface area contributed by atoms with Gasteiger partial charge in [-0.2, -0.15) is 0 Å². The van der Waals surface area contributed by atoms with Gasteiger partial charge in [0.2, 0.25) is 5.91 Å². The summed E-state index contributed by atoms with van der Waals surface area (Å²) in [7, 11) is 4.08. The van der Waals surface area contributed by atoms with Crippen molar-refractivity contribution in [1.29, 1.82) is 0 Å². The number of hydrogen-bond donors (Lipinski definition) is 2. The van der Waals surface area contributed by atoms with E-state index in [0.717, 1.165) is 39.7 Å². The van der Waals surface area contributed by atoms with Crippen LogP contribution in [-0.2, 0) is 4.79 Å². The average Bonchev–Trinajstić information content (AvgIpc) is 3.44. The van der Waals surface area contributed by atoms with Crippen molar-refractivity contribution in [2.24, 2.45) is 5.92 Å². The number of halogens is 1. The highest BCUT2D eigenvalue weighted by Gasteiger charge is 2.42. The van der Waals surface area contributed by atoms with Crippen molar-refractivity contribution in [3.05, 3.63) is 101 Å². The van der Waals surface area contributed by atoms with E-state index in [9.17, 15) is 4.79 Å². The predicted octanol–water partition coefficient (Wildman–Crippen LogP) is 6.98. The number of anilines is 3. The summed E-state index contributed by atoms with van der Waals surface area (Å²) in [5, 5.41) is 7.48. The minimum absolute atomic E-state index is 0.0860. The number of amides is 1. The molecule has 0 spiro atoms. The highest BCUT2D eigenvalue weighted by Crippen LogP contribution is 2.44. The average molecular weight is 587 g/mol. The van der Waals surface area contributed by atoms with Crippen molar-refractivity contribution >= 4 is 51.9 Å². The standard InChI is InChI=1S/C32H35ClN6OS/c1-19(2)31(40)35-27-15-14-24(18-26(27)33)39-30(29(36-32(39)41)28-9-7-8-16-34-28)25-17-20(3)38(21(25)4)23-12-10-22(11-13-23)37(5)6/h7-19,29-30H,1-6H3,(H,35,40)(H,36,41)/t29-,30+/m0/s1. The van der Waals surface area contributed by atoms with Crippen LogP contribution in [-0.4, -0.2) is 34.7 Å². The molecule has 2 aromatic carbocycles. The fourth-order valence-electron chi connectivity index (χ4n) is 5.37. The quantitative estimate of drug-likeness (QED) is 0.228. The second-order valence-corrected chi connectivity index (χ2v) is 11.7. The molecule has 1 fully saturated rings. The number of hydrogen-bond acceptors (Lipinski definition) is 4. The van der Waals surface area contributed by atoms with Gasteiger partial charge >= 0.3 is 0 Å². The third-order valence-corrected chi connectivity index (χ3v) is 8.15. The molecule has 0 radical (unpaired) electrons. The maximum absolute atomic E-state index is 12.3. The van der Waals surface area contributed by atoms with Gasteiger partial charge in [0, 0.05) is 54.7 Å². The van der Waals surface area contributed by atoms with Gasteiger partial charge < -0.3 is 25.0 Å². The molecule has 1 aliphatic heterocycles. The Balaban J connectivity index is 1.60. The largest absolute Gasteiger partial charge is 0.378 e. The minimum Gasteiger partial charge on any atom is -0.378 e. The lowest BCUT2D eigenvalue weighted by Gasteiger charge is -2.28. The molecule has 2 N–H and O–H groups in total. The van der Waals surface area contributed by atoms with Crippen LogP contribution in [0.4, 0.5) is 17.1 Å². The number of benzene rings is 2. The second-order valence-electron chi connectivity index (χ2n) is 10.9. The van der Waals surface area contributed by atoms with Gasteiger partial charge in [0.1, 0.15) is 0 Å². The summed E-state index contributed by atoms with van der Waals surface area (Å²) < 4.78 is 2.28. The van der Waals surface area contributed by atoms with E-state index in [1.165, 1.54) is 0 Å². The molecule has 1 saturated heterocycles. The number of carbonyl (C=O) groups is 1. The number of rotatable bonds is 7. The Kier molecular flexibility index (Phi) is 8.07. The first kappa shape index (κ1) is 28.6. The van der Waals surface area contributed by atoms with Gasteiger partial charge in [0.05, 0.1) is 28.5 Å². The Hall–Kier alpha value is -3.88. The van der Waals surface area contributed by atoms with Crippen molar-refractivity contribution in [2.45, 2.75) is 39.8 Å². The van der Waals surface area contributed by atoms with Gasteiger partial charge in [0.25, 0.3) is 0 Å². The molecule has 0 saturated carbocycles. The number of nitrogens with zero attached hydrogens (tertiary/aromatic N) is 4. The zero-order valence-electron chi connectivity index (χ0n) is 24.1. The summed E-state index contributed by atoms with van der Waals surface area (Å²) in [6, 6.07) is 22.0. The Morgan fingerprint density at radius 3 is 2.37 bits per heavy atom. The molecule has 1 amide bonds. The SMILES string of the molecule is Cc1cc([C@@H]2[C@H](c3ccccn3)NC(=S)N2c2ccc(NC(=O)C(C)C)c(Cl)c2)c(C)n1-c1ccc(N(C)C)cc1. The van der Waals surface area contributed by atoms with Crippen molar-refractivity contribution in [2.75, 3.05) is 29.2 Å². The molecule has 2 atom stereocenters. The predicted molar refractivity (Wildman–Crippen MR) is 172 cm³/mol. The number of thiocarbonyl (C=S) groups is 1. The Morgan fingerprint density at radius 2 is 1.76 bits per heavy atom. The van der Waals surface area contributed by atoms with E-state index >= 15 is 0 Å². The molecule has 212 valence electrons. The molecular formula is C32H35ClN6OS. The summed E-state index contributed by atoms with van der Waals surface area (Å²) >= 11 is 12.6. The number of carbonyl (C=O) groups excluding carboxylic acids is 1. The summed E-state index contributed by atoms with van der Waals surface area (Å²) in [6.45, 7) is 7.97. The van der Waals surface area contributed by atoms with E-state index in [-0.39, 0.29) is 23.9 Å². The van der Waals surface area contributed by atoms with E-state index in [2.05, 4.69) is 74.2 Å². The summed E-state index contributed by atoms with van der Waals surface area (Å²) in [5.74, 6) is -0.240. The zero-order chi connectivity index (χ0) is 29.4. The molecule has 5 rings (SSSR count). The van der Waals surface area contributed by atoms with Crippen molar-refractivity contribution in [3.8, 4) is 5.69 Å². The van der Waals surface area contributed by atoms with Crippen LogP contribution >= 0.6 is 23.8 Å². The van der Waals surface area contributed by atoms with Crippen LogP contribution in [0.1, 0.15) is 48.6 Å². The van der Waals surface area contributed by atoms with E-state index in [0.29, 0.717) is 15.8 Å². The van der Waals surface area contributed by atoms with Crippen molar-refractivity contribution < 1.29 is 4.79 Å². The number of aromatic nitrogens is 2. The number of pyridine rings is 1. The van der Waals surface area contributed by atoms with Crippen LogP contribution in [0.2, 0.25) is 5.02 Å². The highest BCUT2D eigenvalue weighted by atomic mass is 35.5. The lowest BCUT2D eigenvalue weighted by atomic mass is 9.96. The van der Waals surface area contributed by atoms with Crippen LogP contribution in [0.25, 0.3) is 5.69 Å². The van der Waals surface area contributed by atoms with Crippen molar-refractivity contribution in [3.63, 3.8) is 0 Å². The lowest BCUT2D eigenvalue weighted by molar-refractivity contribution is -0.118. The zero-order valence-corrected chi connectivity index (χ0v) is 25.7. The lowest BCUT2D eigenvalue weighted by Crippen LogP contribution is -2.29. The fourth-order valence-corrected chi connectivity index (χ4v) is 5.93. The van der Waals surface area contributed by atoms with Gasteiger partial charge in [-0.3, -0.25) is 9.78 Å². The highest BCUT2D eigenvalue weighted by molar-refractivity contribution is 7.80. The minimum atomic E-state index is -0.189. The van der Waals surface area contributed by atoms with Crippen LogP contribution in [0.3, 0.4) is 0 Å². The molecule has 4 aromatic rings. The molecule has 41 heavy (non-hydrogen) atoms. The van der Waals surface area contributed by atoms with E-state index in [4.69, 9.17) is 23.8 Å². The summed E-state index contributed by atoms with van der Waals surface area (Å²) in [6.07, 6.45) is 1.80. The third-order valence-electron chi connectivity index (χ3n) is 7.52. The van der Waals surface area contributed by atoms with E-state index in [1.54, 1.807) is 6.20 Å². The fraction of sp³-hybridized carbons (Fsp3) is 0.281. The maximum Gasteiger partial charge on any atom is 0.226 e. The number of aryl methyl sites for hydroxylation is 1. The second kappa shape index (κ2) is 11.5. The van der Waals surface area contributed by atoms with Crippen LogP contribution < -0.4 is 20.4 Å². The van der Waals surface area contributed by atoms with Gasteiger partial charge in [-0.05, 0) is 92.3 Å². The first-order valence-corrected chi connectivity index (χ1v) is 14.4. The van der Waals surface area contributed by atoms with E-state index < -0.39 is 0 Å². The summed E-state index contributed by atoms with van der Waals surface area (Å²) in [4.78, 5) is 21.2. The van der Waals surface area contributed by atoms with Gasteiger partial charge in [-0.25, -0.2) is 0 Å².